The fourth-order valence-corrected chi connectivity index (χ4v) is 2.84. The number of carbonyl (C=O) groups excluding carboxylic acids is 1. The van der Waals surface area contributed by atoms with Gasteiger partial charge >= 0.3 is 0 Å². The summed E-state index contributed by atoms with van der Waals surface area (Å²) in [4.78, 5) is 19.7. The van der Waals surface area contributed by atoms with Crippen LogP contribution in [0.1, 0.15) is 16.1 Å². The zero-order valence-electron chi connectivity index (χ0n) is 12.6. The maximum Gasteiger partial charge on any atom is 0.273 e. The van der Waals surface area contributed by atoms with Crippen LogP contribution in [0, 0.1) is 0 Å². The minimum Gasteiger partial charge on any atom is -0.347 e. The molecule has 6 nitrogen and oxygen atoms in total. The fourth-order valence-electron chi connectivity index (χ4n) is 2.41. The number of hydrogen-bond donors (Lipinski definition) is 2. The Morgan fingerprint density at radius 3 is 2.71 bits per heavy atom. The van der Waals surface area contributed by atoms with E-state index in [9.17, 15) is 4.79 Å². The Hall–Kier alpha value is -3.06. The topological polar surface area (TPSA) is 83.6 Å². The molecule has 0 atom stereocenters. The fraction of sp³-hybridized carbons (Fsp3) is 0.0588. The van der Waals surface area contributed by atoms with Gasteiger partial charge in [-0.2, -0.15) is 0 Å². The number of H-pyrrole nitrogens is 1. The molecule has 4 aromatic rings. The molecule has 4 rings (SSSR count). The van der Waals surface area contributed by atoms with E-state index in [4.69, 9.17) is 0 Å². The molecule has 0 aliphatic heterocycles. The van der Waals surface area contributed by atoms with Crippen molar-refractivity contribution in [1.29, 1.82) is 0 Å². The Bertz CT molecular complexity index is 943. The lowest BCUT2D eigenvalue weighted by Crippen LogP contribution is -2.23. The molecule has 0 saturated heterocycles. The summed E-state index contributed by atoms with van der Waals surface area (Å²) in [6.45, 7) is 0.441. The van der Waals surface area contributed by atoms with E-state index >= 15 is 0 Å². The van der Waals surface area contributed by atoms with Crippen molar-refractivity contribution in [2.75, 3.05) is 0 Å². The molecule has 0 fully saturated rings. The van der Waals surface area contributed by atoms with Crippen molar-refractivity contribution in [1.82, 2.24) is 24.9 Å². The van der Waals surface area contributed by atoms with Crippen LogP contribution in [-0.4, -0.2) is 25.5 Å². The third kappa shape index (κ3) is 2.89. The number of rotatable bonds is 4. The number of amides is 1. The lowest BCUT2D eigenvalue weighted by atomic mass is 10.1. The largest absolute Gasteiger partial charge is 0.347 e. The van der Waals surface area contributed by atoms with Gasteiger partial charge in [-0.05, 0) is 29.2 Å². The standard InChI is InChI=1S/C17H13N5OS/c23-17(15-10-24-22-21-15)18-9-11-5-7-12(8-6-11)16-19-13-3-1-2-4-14(13)20-16/h1-8,10H,9H2,(H,18,23)(H,19,20). The van der Waals surface area contributed by atoms with Crippen LogP contribution in [0.3, 0.4) is 0 Å². The van der Waals surface area contributed by atoms with Crippen molar-refractivity contribution >= 4 is 28.5 Å². The highest BCUT2D eigenvalue weighted by Crippen LogP contribution is 2.20. The van der Waals surface area contributed by atoms with Gasteiger partial charge in [-0.15, -0.1) is 5.10 Å². The Balaban J connectivity index is 1.47. The molecule has 1 amide bonds. The average molecular weight is 335 g/mol. The Morgan fingerprint density at radius 2 is 1.96 bits per heavy atom. The molecule has 0 saturated carbocycles. The summed E-state index contributed by atoms with van der Waals surface area (Å²) in [6, 6.07) is 15.9. The average Bonchev–Trinajstić information content (AvgIpc) is 3.29. The minimum absolute atomic E-state index is 0.217. The van der Waals surface area contributed by atoms with Crippen LogP contribution in [0.4, 0.5) is 0 Å². The summed E-state index contributed by atoms with van der Waals surface area (Å²) in [5.74, 6) is 0.616. The number of benzene rings is 2. The molecule has 7 heteroatoms. The molecule has 2 aromatic carbocycles. The number of aromatic amines is 1. The van der Waals surface area contributed by atoms with Crippen LogP contribution >= 0.6 is 11.5 Å². The van der Waals surface area contributed by atoms with E-state index in [0.717, 1.165) is 39.5 Å². The number of para-hydroxylation sites is 2. The van der Waals surface area contributed by atoms with Crippen molar-refractivity contribution in [2.45, 2.75) is 6.54 Å². The Labute approximate surface area is 141 Å². The van der Waals surface area contributed by atoms with E-state index in [-0.39, 0.29) is 5.91 Å². The van der Waals surface area contributed by atoms with Gasteiger partial charge < -0.3 is 10.3 Å². The first kappa shape index (κ1) is 14.5. The number of hydrogen-bond acceptors (Lipinski definition) is 5. The first-order valence-corrected chi connectivity index (χ1v) is 8.22. The quantitative estimate of drug-likeness (QED) is 0.600. The van der Waals surface area contributed by atoms with Gasteiger partial charge in [-0.25, -0.2) is 4.98 Å². The summed E-state index contributed by atoms with van der Waals surface area (Å²) < 4.78 is 3.68. The van der Waals surface area contributed by atoms with Gasteiger partial charge in [0.2, 0.25) is 0 Å². The first-order valence-electron chi connectivity index (χ1n) is 7.39. The van der Waals surface area contributed by atoms with Crippen molar-refractivity contribution in [3.63, 3.8) is 0 Å². The number of nitrogens with one attached hydrogen (secondary N) is 2. The van der Waals surface area contributed by atoms with E-state index in [1.165, 1.54) is 0 Å². The first-order chi connectivity index (χ1) is 11.8. The molecule has 0 aliphatic rings. The van der Waals surface area contributed by atoms with Gasteiger partial charge in [-0.3, -0.25) is 4.79 Å². The molecule has 0 spiro atoms. The molecule has 0 radical (unpaired) electrons. The van der Waals surface area contributed by atoms with Crippen molar-refractivity contribution in [3.05, 3.63) is 65.2 Å². The highest BCUT2D eigenvalue weighted by Gasteiger charge is 2.08. The van der Waals surface area contributed by atoms with Crippen molar-refractivity contribution in [3.8, 4) is 11.4 Å². The summed E-state index contributed by atoms with van der Waals surface area (Å²) in [5.41, 5.74) is 4.32. The lowest BCUT2D eigenvalue weighted by Gasteiger charge is -2.04. The van der Waals surface area contributed by atoms with Crippen LogP contribution in [-0.2, 0) is 6.54 Å². The monoisotopic (exact) mass is 335 g/mol. The van der Waals surface area contributed by atoms with Gasteiger partial charge in [0, 0.05) is 17.5 Å². The van der Waals surface area contributed by atoms with E-state index in [0.29, 0.717) is 12.2 Å². The van der Waals surface area contributed by atoms with Crippen molar-refractivity contribution < 1.29 is 4.79 Å². The maximum atomic E-state index is 11.8. The molecule has 118 valence electrons. The molecular weight excluding hydrogens is 322 g/mol. The summed E-state index contributed by atoms with van der Waals surface area (Å²) in [5, 5.41) is 8.20. The summed E-state index contributed by atoms with van der Waals surface area (Å²) >= 11 is 1.16. The molecule has 0 aliphatic carbocycles. The second-order valence-electron chi connectivity index (χ2n) is 5.27. The zero-order valence-corrected chi connectivity index (χ0v) is 13.4. The van der Waals surface area contributed by atoms with Crippen LogP contribution in [0.25, 0.3) is 22.4 Å². The predicted molar refractivity (Wildman–Crippen MR) is 92.6 cm³/mol. The lowest BCUT2D eigenvalue weighted by molar-refractivity contribution is 0.0946. The van der Waals surface area contributed by atoms with Crippen LogP contribution in [0.15, 0.2) is 53.9 Å². The highest BCUT2D eigenvalue weighted by molar-refractivity contribution is 7.03. The van der Waals surface area contributed by atoms with E-state index in [2.05, 4.69) is 24.9 Å². The number of imidazole rings is 1. The Morgan fingerprint density at radius 1 is 1.12 bits per heavy atom. The number of aromatic nitrogens is 4. The molecule has 24 heavy (non-hydrogen) atoms. The second-order valence-corrected chi connectivity index (χ2v) is 5.88. The minimum atomic E-state index is -0.217. The molecule has 0 unspecified atom stereocenters. The van der Waals surface area contributed by atoms with Crippen molar-refractivity contribution in [2.24, 2.45) is 0 Å². The van der Waals surface area contributed by atoms with E-state index in [1.54, 1.807) is 5.38 Å². The predicted octanol–water partition coefficient (Wildman–Crippen LogP) is 3.01. The third-order valence-corrected chi connectivity index (χ3v) is 4.17. The number of fused-ring (bicyclic) bond motifs is 1. The highest BCUT2D eigenvalue weighted by atomic mass is 32.1. The van der Waals surface area contributed by atoms with Crippen LogP contribution < -0.4 is 5.32 Å². The van der Waals surface area contributed by atoms with Gasteiger partial charge in [0.15, 0.2) is 5.69 Å². The van der Waals surface area contributed by atoms with Gasteiger partial charge in [0.05, 0.1) is 11.0 Å². The third-order valence-electron chi connectivity index (χ3n) is 3.66. The Kier molecular flexibility index (Phi) is 3.76. The zero-order chi connectivity index (χ0) is 16.4. The molecule has 2 aromatic heterocycles. The SMILES string of the molecule is O=C(NCc1ccc(-c2nc3ccccc3[nH]2)cc1)c1csnn1. The summed E-state index contributed by atoms with van der Waals surface area (Å²) in [7, 11) is 0. The maximum absolute atomic E-state index is 11.8. The summed E-state index contributed by atoms with van der Waals surface area (Å²) in [6.07, 6.45) is 0. The van der Waals surface area contributed by atoms with Gasteiger partial charge in [0.25, 0.3) is 5.91 Å². The van der Waals surface area contributed by atoms with Crippen LogP contribution in [0.5, 0.6) is 0 Å². The smallest absolute Gasteiger partial charge is 0.273 e. The number of carbonyl (C=O) groups is 1. The van der Waals surface area contributed by atoms with Gasteiger partial charge in [-0.1, -0.05) is 40.9 Å². The molecular formula is C17H13N5OS. The van der Waals surface area contributed by atoms with Crippen LogP contribution in [0.2, 0.25) is 0 Å². The number of nitrogens with zero attached hydrogens (tertiary/aromatic N) is 3. The second kappa shape index (κ2) is 6.21. The van der Waals surface area contributed by atoms with E-state index in [1.807, 2.05) is 48.5 Å². The molecule has 2 heterocycles. The van der Waals surface area contributed by atoms with E-state index < -0.39 is 0 Å². The molecule has 0 bridgehead atoms. The molecule has 2 N–H and O–H groups in total. The normalized spacial score (nSPS) is 10.8. The van der Waals surface area contributed by atoms with Gasteiger partial charge in [0.1, 0.15) is 5.82 Å².